The van der Waals surface area contributed by atoms with E-state index < -0.39 is 6.04 Å². The summed E-state index contributed by atoms with van der Waals surface area (Å²) >= 11 is 6.47. The van der Waals surface area contributed by atoms with E-state index in [2.05, 4.69) is 20.6 Å². The van der Waals surface area contributed by atoms with E-state index in [1.165, 1.54) is 4.90 Å². The lowest BCUT2D eigenvalue weighted by Crippen LogP contribution is -2.40. The van der Waals surface area contributed by atoms with Gasteiger partial charge in [0.05, 0.1) is 35.7 Å². The van der Waals surface area contributed by atoms with Crippen LogP contribution in [0, 0.1) is 0 Å². The van der Waals surface area contributed by atoms with Crippen molar-refractivity contribution in [2.45, 2.75) is 50.4 Å². The zero-order valence-corrected chi connectivity index (χ0v) is 24.0. The van der Waals surface area contributed by atoms with Crippen LogP contribution < -0.4 is 10.6 Å². The second kappa shape index (κ2) is 12.7. The molecule has 2 unspecified atom stereocenters. The highest BCUT2D eigenvalue weighted by Crippen LogP contribution is 2.32. The number of ether oxygens (including phenoxy) is 2. The molecule has 1 aromatic heterocycles. The molecule has 3 aliphatic heterocycles. The van der Waals surface area contributed by atoms with E-state index in [9.17, 15) is 14.7 Å². The van der Waals surface area contributed by atoms with Crippen LogP contribution >= 0.6 is 11.6 Å². The molecule has 0 spiro atoms. The molecule has 2 fully saturated rings. The number of benzene rings is 2. The Labute approximate surface area is 249 Å². The zero-order chi connectivity index (χ0) is 29.1. The maximum absolute atomic E-state index is 13.3. The lowest BCUT2D eigenvalue weighted by Gasteiger charge is -2.23. The third-order valence-corrected chi connectivity index (χ3v) is 8.30. The van der Waals surface area contributed by atoms with Crippen LogP contribution in [-0.2, 0) is 20.8 Å². The summed E-state index contributed by atoms with van der Waals surface area (Å²) in [6.45, 7) is 2.06. The first-order chi connectivity index (χ1) is 20.5. The van der Waals surface area contributed by atoms with E-state index in [-0.39, 0.29) is 37.1 Å². The summed E-state index contributed by atoms with van der Waals surface area (Å²) in [4.78, 5) is 36.8. The molecular formula is C31H34ClN5O5. The number of nitrogens with one attached hydrogen (secondary N) is 2. The average molecular weight is 592 g/mol. The van der Waals surface area contributed by atoms with Gasteiger partial charge in [0.25, 0.3) is 5.91 Å². The SMILES string of the molecule is O=C(CN1Cc2ccc(-c3nc(NC4CCOCC4)ncc3Cl)cc2C1=O)NC(CO)c1cccc(C2CCCO2)c1. The first-order valence-electron chi connectivity index (χ1n) is 14.4. The third-order valence-electron chi connectivity index (χ3n) is 8.03. The molecule has 0 saturated carbocycles. The number of hydrogen-bond acceptors (Lipinski definition) is 8. The summed E-state index contributed by atoms with van der Waals surface area (Å²) in [5.41, 5.74) is 4.40. The Hall–Kier alpha value is -3.57. The molecule has 42 heavy (non-hydrogen) atoms. The summed E-state index contributed by atoms with van der Waals surface area (Å²) in [5, 5.41) is 16.7. The van der Waals surface area contributed by atoms with Crippen molar-refractivity contribution in [1.82, 2.24) is 20.2 Å². The minimum absolute atomic E-state index is 0.0395. The van der Waals surface area contributed by atoms with Crippen LogP contribution in [0.1, 0.15) is 64.9 Å². The molecule has 0 aliphatic carbocycles. The summed E-state index contributed by atoms with van der Waals surface area (Å²) < 4.78 is 11.2. The molecule has 10 nitrogen and oxygen atoms in total. The van der Waals surface area contributed by atoms with Crippen LogP contribution in [0.5, 0.6) is 0 Å². The number of anilines is 1. The fraction of sp³-hybridized carbons (Fsp3) is 0.419. The molecule has 220 valence electrons. The van der Waals surface area contributed by atoms with Gasteiger partial charge in [-0.1, -0.05) is 48.0 Å². The number of halogens is 1. The molecule has 0 radical (unpaired) electrons. The number of aromatic nitrogens is 2. The molecule has 3 aromatic rings. The van der Waals surface area contributed by atoms with Crippen molar-refractivity contribution in [2.75, 3.05) is 38.3 Å². The maximum atomic E-state index is 13.3. The van der Waals surface area contributed by atoms with Gasteiger partial charge in [-0.25, -0.2) is 9.97 Å². The van der Waals surface area contributed by atoms with Gasteiger partial charge in [-0.15, -0.1) is 0 Å². The van der Waals surface area contributed by atoms with Crippen molar-refractivity contribution in [3.63, 3.8) is 0 Å². The monoisotopic (exact) mass is 591 g/mol. The number of aliphatic hydroxyl groups excluding tert-OH is 1. The number of aliphatic hydroxyl groups is 1. The summed E-state index contributed by atoms with van der Waals surface area (Å²) in [6, 6.07) is 12.9. The quantitative estimate of drug-likeness (QED) is 0.340. The van der Waals surface area contributed by atoms with Gasteiger partial charge in [0.15, 0.2) is 0 Å². The first-order valence-corrected chi connectivity index (χ1v) is 14.8. The first kappa shape index (κ1) is 28.5. The lowest BCUT2D eigenvalue weighted by molar-refractivity contribution is -0.122. The molecule has 11 heteroatoms. The molecule has 2 aromatic carbocycles. The fourth-order valence-corrected chi connectivity index (χ4v) is 5.96. The van der Waals surface area contributed by atoms with E-state index in [1.807, 2.05) is 36.4 Å². The standard InChI is InChI=1S/C31H34ClN5O5/c32-25-15-33-31(34-23-8-11-41-12-9-23)36-29(25)21-6-7-22-16-37(30(40)24(22)14-21)17-28(39)35-26(18-38)19-3-1-4-20(13-19)27-5-2-10-42-27/h1,3-4,6-7,13-15,23,26-27,38H,2,5,8-12,16-18H2,(H,35,39)(H,33,34,36). The minimum Gasteiger partial charge on any atom is -0.394 e. The van der Waals surface area contributed by atoms with Gasteiger partial charge in [0, 0.05) is 43.5 Å². The predicted octanol–water partition coefficient (Wildman–Crippen LogP) is 4.05. The van der Waals surface area contributed by atoms with E-state index in [0.717, 1.165) is 49.0 Å². The zero-order valence-electron chi connectivity index (χ0n) is 23.2. The van der Waals surface area contributed by atoms with Gasteiger partial charge in [0.1, 0.15) is 6.54 Å². The molecule has 6 rings (SSSR count). The van der Waals surface area contributed by atoms with Crippen LogP contribution in [0.15, 0.2) is 48.7 Å². The third kappa shape index (κ3) is 6.27. The van der Waals surface area contributed by atoms with E-state index in [1.54, 1.807) is 12.3 Å². The number of rotatable bonds is 9. The van der Waals surface area contributed by atoms with Crippen LogP contribution in [0.2, 0.25) is 5.02 Å². The molecule has 2 atom stereocenters. The number of carbonyl (C=O) groups is 2. The van der Waals surface area contributed by atoms with Crippen molar-refractivity contribution in [2.24, 2.45) is 0 Å². The largest absolute Gasteiger partial charge is 0.394 e. The molecule has 2 amide bonds. The van der Waals surface area contributed by atoms with Gasteiger partial charge < -0.3 is 30.1 Å². The van der Waals surface area contributed by atoms with Gasteiger partial charge in [-0.3, -0.25) is 9.59 Å². The van der Waals surface area contributed by atoms with Crippen LogP contribution in [0.4, 0.5) is 5.95 Å². The molecular weight excluding hydrogens is 558 g/mol. The molecule has 3 aliphatic rings. The summed E-state index contributed by atoms with van der Waals surface area (Å²) in [6.07, 6.45) is 5.32. The topological polar surface area (TPSA) is 126 Å². The van der Waals surface area contributed by atoms with Crippen molar-refractivity contribution in [3.05, 3.63) is 75.9 Å². The number of carbonyl (C=O) groups excluding carboxylic acids is 2. The van der Waals surface area contributed by atoms with Gasteiger partial charge >= 0.3 is 0 Å². The van der Waals surface area contributed by atoms with Gasteiger partial charge in [0.2, 0.25) is 11.9 Å². The van der Waals surface area contributed by atoms with Gasteiger partial charge in [-0.2, -0.15) is 0 Å². The fourth-order valence-electron chi connectivity index (χ4n) is 5.76. The average Bonchev–Trinajstić information content (AvgIpc) is 3.66. The molecule has 3 N–H and O–H groups in total. The Morgan fingerprint density at radius 2 is 2.00 bits per heavy atom. The maximum Gasteiger partial charge on any atom is 0.254 e. The van der Waals surface area contributed by atoms with Crippen LogP contribution in [-0.4, -0.2) is 70.8 Å². The van der Waals surface area contributed by atoms with Crippen molar-refractivity contribution in [3.8, 4) is 11.3 Å². The second-order valence-electron chi connectivity index (χ2n) is 10.9. The Balaban J connectivity index is 1.12. The Morgan fingerprint density at radius 3 is 2.79 bits per heavy atom. The van der Waals surface area contributed by atoms with E-state index in [0.29, 0.717) is 47.6 Å². The number of amides is 2. The second-order valence-corrected chi connectivity index (χ2v) is 11.3. The number of fused-ring (bicyclic) bond motifs is 1. The predicted molar refractivity (Wildman–Crippen MR) is 157 cm³/mol. The molecule has 0 bridgehead atoms. The highest BCUT2D eigenvalue weighted by Gasteiger charge is 2.30. The Morgan fingerprint density at radius 1 is 1.14 bits per heavy atom. The Bertz CT molecular complexity index is 1460. The summed E-state index contributed by atoms with van der Waals surface area (Å²) in [7, 11) is 0. The highest BCUT2D eigenvalue weighted by atomic mass is 35.5. The lowest BCUT2D eigenvalue weighted by atomic mass is 10.00. The summed E-state index contributed by atoms with van der Waals surface area (Å²) in [5.74, 6) is -0.111. The number of nitrogens with zero attached hydrogens (tertiary/aromatic N) is 3. The van der Waals surface area contributed by atoms with Gasteiger partial charge in [-0.05, 0) is 48.4 Å². The van der Waals surface area contributed by atoms with Crippen LogP contribution in [0.25, 0.3) is 11.3 Å². The normalized spacial score (nSPS) is 19.5. The van der Waals surface area contributed by atoms with Crippen LogP contribution in [0.3, 0.4) is 0 Å². The highest BCUT2D eigenvalue weighted by molar-refractivity contribution is 6.33. The Kier molecular flexibility index (Phi) is 8.66. The minimum atomic E-state index is -0.589. The number of hydrogen-bond donors (Lipinski definition) is 3. The van der Waals surface area contributed by atoms with E-state index in [4.69, 9.17) is 21.1 Å². The van der Waals surface area contributed by atoms with Crippen molar-refractivity contribution >= 4 is 29.4 Å². The molecule has 2 saturated heterocycles. The van der Waals surface area contributed by atoms with Crippen molar-refractivity contribution in [1.29, 1.82) is 0 Å². The van der Waals surface area contributed by atoms with E-state index >= 15 is 0 Å². The van der Waals surface area contributed by atoms with Crippen molar-refractivity contribution < 1.29 is 24.2 Å². The molecule has 4 heterocycles. The smallest absolute Gasteiger partial charge is 0.254 e.